The second-order valence-corrected chi connectivity index (χ2v) is 6.25. The summed E-state index contributed by atoms with van der Waals surface area (Å²) in [5.41, 5.74) is 3.97. The summed E-state index contributed by atoms with van der Waals surface area (Å²) in [5, 5.41) is 0. The van der Waals surface area contributed by atoms with Crippen molar-refractivity contribution in [2.45, 2.75) is 24.8 Å². The number of likely N-dealkylation sites (N-methyl/N-ethyl adjacent to an activating group) is 1. The number of hydrogen-bond acceptors (Lipinski definition) is 2. The Morgan fingerprint density at radius 1 is 1.04 bits per heavy atom. The Kier molecular flexibility index (Phi) is 9.81. The number of allylic oxidation sites excluding steroid dienone is 2. The molecule has 0 aliphatic carbocycles. The highest BCUT2D eigenvalue weighted by Gasteiger charge is 2.12. The molecule has 1 aliphatic heterocycles. The molecule has 0 bridgehead atoms. The molecule has 1 heterocycles. The Morgan fingerprint density at radius 2 is 1.71 bits per heavy atom. The standard InChI is InChI=1S/C10H12FNS.C7H8.C4H6/c1-12-5-4-8-6-10(13-11)3-2-9(8)7-12;1-7-5-3-2-4-6-7;1-3-4-2/h2-3,6H,4-5,7H2,1H3;2-6H,1H3;3-4H,1-2H2. The fraction of sp³-hybridized carbons (Fsp3) is 0.238. The molecule has 0 N–H and O–H groups in total. The first-order chi connectivity index (χ1) is 11.6. The summed E-state index contributed by atoms with van der Waals surface area (Å²) in [7, 11) is 2.11. The summed E-state index contributed by atoms with van der Waals surface area (Å²) in [4.78, 5) is 3.01. The lowest BCUT2D eigenvalue weighted by molar-refractivity contribution is 0.312. The normalized spacial score (nSPS) is 12.6. The molecule has 0 fully saturated rings. The van der Waals surface area contributed by atoms with Gasteiger partial charge in [0.2, 0.25) is 0 Å². The molecule has 0 atom stereocenters. The van der Waals surface area contributed by atoms with Gasteiger partial charge in [-0.1, -0.05) is 67.3 Å². The lowest BCUT2D eigenvalue weighted by Gasteiger charge is -2.24. The van der Waals surface area contributed by atoms with Crippen LogP contribution < -0.4 is 0 Å². The van der Waals surface area contributed by atoms with Crippen molar-refractivity contribution in [1.29, 1.82) is 0 Å². The number of benzene rings is 2. The van der Waals surface area contributed by atoms with Crippen molar-refractivity contribution in [1.82, 2.24) is 4.90 Å². The number of nitrogens with zero attached hydrogens (tertiary/aromatic N) is 1. The zero-order valence-electron chi connectivity index (χ0n) is 14.5. The van der Waals surface area contributed by atoms with Gasteiger partial charge in [0.25, 0.3) is 0 Å². The Bertz CT molecular complexity index is 619. The Balaban J connectivity index is 0.000000220. The van der Waals surface area contributed by atoms with Gasteiger partial charge in [0.05, 0.1) is 12.1 Å². The van der Waals surface area contributed by atoms with Crippen LogP contribution in [0.5, 0.6) is 0 Å². The van der Waals surface area contributed by atoms with Gasteiger partial charge in [-0.15, -0.1) is 0 Å². The van der Waals surface area contributed by atoms with Gasteiger partial charge < -0.3 is 4.90 Å². The molecule has 1 aliphatic rings. The van der Waals surface area contributed by atoms with Gasteiger partial charge in [0, 0.05) is 18.0 Å². The molecule has 2 aromatic carbocycles. The first-order valence-electron chi connectivity index (χ1n) is 7.94. The highest BCUT2D eigenvalue weighted by molar-refractivity contribution is 7.94. The predicted molar refractivity (Wildman–Crippen MR) is 105 cm³/mol. The van der Waals surface area contributed by atoms with Crippen LogP contribution in [0, 0.1) is 6.92 Å². The maximum Gasteiger partial charge on any atom is 0.0812 e. The number of rotatable bonds is 2. The minimum atomic E-state index is 0.329. The predicted octanol–water partition coefficient (Wildman–Crippen LogP) is 6.00. The minimum absolute atomic E-state index is 0.329. The second kappa shape index (κ2) is 11.7. The first kappa shape index (κ1) is 20.2. The lowest BCUT2D eigenvalue weighted by atomic mass is 10.0. The Labute approximate surface area is 150 Å². The van der Waals surface area contributed by atoms with E-state index in [-0.39, 0.29) is 0 Å². The molecule has 24 heavy (non-hydrogen) atoms. The third-order valence-corrected chi connectivity index (χ3v) is 4.01. The Morgan fingerprint density at radius 3 is 2.21 bits per heavy atom. The van der Waals surface area contributed by atoms with Gasteiger partial charge in [-0.3, -0.25) is 0 Å². The maximum absolute atomic E-state index is 12.3. The summed E-state index contributed by atoms with van der Waals surface area (Å²) < 4.78 is 12.3. The van der Waals surface area contributed by atoms with Crippen molar-refractivity contribution in [3.8, 4) is 0 Å². The van der Waals surface area contributed by atoms with E-state index in [4.69, 9.17) is 0 Å². The molecule has 0 aromatic heterocycles. The molecule has 1 nitrogen and oxygen atoms in total. The van der Waals surface area contributed by atoms with E-state index in [9.17, 15) is 3.89 Å². The summed E-state index contributed by atoms with van der Waals surface area (Å²) in [6.07, 6.45) is 4.32. The summed E-state index contributed by atoms with van der Waals surface area (Å²) >= 11 is 0.329. The second-order valence-electron chi connectivity index (χ2n) is 5.62. The molecule has 0 saturated carbocycles. The zero-order chi connectivity index (χ0) is 17.8. The molecule has 0 unspecified atom stereocenters. The monoisotopic (exact) mass is 343 g/mol. The van der Waals surface area contributed by atoms with Crippen molar-refractivity contribution in [2.24, 2.45) is 0 Å². The smallest absolute Gasteiger partial charge is 0.0812 e. The van der Waals surface area contributed by atoms with E-state index in [2.05, 4.69) is 44.2 Å². The topological polar surface area (TPSA) is 3.24 Å². The third kappa shape index (κ3) is 7.62. The molecule has 0 spiro atoms. The molecule has 3 rings (SSSR count). The number of aryl methyl sites for hydroxylation is 1. The quantitative estimate of drug-likeness (QED) is 0.615. The molecule has 2 aromatic rings. The van der Waals surface area contributed by atoms with Crippen molar-refractivity contribution in [3.63, 3.8) is 0 Å². The molecule has 0 saturated heterocycles. The largest absolute Gasteiger partial charge is 0.302 e. The third-order valence-electron chi connectivity index (χ3n) is 3.58. The maximum atomic E-state index is 12.3. The van der Waals surface area contributed by atoms with Crippen LogP contribution in [-0.4, -0.2) is 18.5 Å². The highest BCUT2D eigenvalue weighted by Crippen LogP contribution is 2.25. The summed E-state index contributed by atoms with van der Waals surface area (Å²) in [6, 6.07) is 16.1. The van der Waals surface area contributed by atoms with Crippen molar-refractivity contribution in [2.75, 3.05) is 13.6 Å². The minimum Gasteiger partial charge on any atom is -0.302 e. The van der Waals surface area contributed by atoms with Gasteiger partial charge in [-0.05, 0) is 43.7 Å². The van der Waals surface area contributed by atoms with Gasteiger partial charge in [-0.25, -0.2) is 0 Å². The molecular formula is C21H26FNS. The lowest BCUT2D eigenvalue weighted by Crippen LogP contribution is -2.26. The first-order valence-corrected chi connectivity index (χ1v) is 8.66. The fourth-order valence-electron chi connectivity index (χ4n) is 2.25. The average Bonchev–Trinajstić information content (AvgIpc) is 2.62. The Hall–Kier alpha value is -1.84. The van der Waals surface area contributed by atoms with Crippen LogP contribution in [0.25, 0.3) is 0 Å². The highest BCUT2D eigenvalue weighted by atomic mass is 32.2. The van der Waals surface area contributed by atoms with Gasteiger partial charge in [-0.2, -0.15) is 3.89 Å². The van der Waals surface area contributed by atoms with Crippen LogP contribution in [0.2, 0.25) is 0 Å². The van der Waals surface area contributed by atoms with Crippen LogP contribution in [0.15, 0.2) is 78.7 Å². The van der Waals surface area contributed by atoms with Gasteiger partial charge >= 0.3 is 0 Å². The van der Waals surface area contributed by atoms with Crippen molar-refractivity contribution in [3.05, 3.63) is 90.5 Å². The SMILES string of the molecule is C=CC=C.CN1CCc2cc(SF)ccc2C1.Cc1ccccc1. The van der Waals surface area contributed by atoms with Gasteiger partial charge in [0.15, 0.2) is 0 Å². The van der Waals surface area contributed by atoms with Crippen LogP contribution >= 0.6 is 12.1 Å². The van der Waals surface area contributed by atoms with E-state index in [1.165, 1.54) is 16.7 Å². The molecule has 128 valence electrons. The van der Waals surface area contributed by atoms with E-state index in [1.54, 1.807) is 12.2 Å². The van der Waals surface area contributed by atoms with Crippen molar-refractivity contribution < 1.29 is 3.89 Å². The fourth-order valence-corrected chi connectivity index (χ4v) is 2.56. The molecule has 3 heteroatoms. The number of halogens is 1. The van der Waals surface area contributed by atoms with E-state index >= 15 is 0 Å². The summed E-state index contributed by atoms with van der Waals surface area (Å²) in [5.74, 6) is 0. The molecule has 0 radical (unpaired) electrons. The van der Waals surface area contributed by atoms with Crippen LogP contribution in [0.4, 0.5) is 3.89 Å². The van der Waals surface area contributed by atoms with E-state index in [0.29, 0.717) is 12.1 Å². The number of fused-ring (bicyclic) bond motifs is 1. The van der Waals surface area contributed by atoms with E-state index in [0.717, 1.165) is 24.4 Å². The van der Waals surface area contributed by atoms with Crippen LogP contribution in [-0.2, 0) is 13.0 Å². The zero-order valence-corrected chi connectivity index (χ0v) is 15.4. The van der Waals surface area contributed by atoms with Crippen molar-refractivity contribution >= 4 is 12.1 Å². The molecular weight excluding hydrogens is 317 g/mol. The van der Waals surface area contributed by atoms with Crippen LogP contribution in [0.1, 0.15) is 16.7 Å². The van der Waals surface area contributed by atoms with E-state index in [1.807, 2.05) is 36.4 Å². The average molecular weight is 344 g/mol. The summed E-state index contributed by atoms with van der Waals surface area (Å²) in [6.45, 7) is 10.9. The van der Waals surface area contributed by atoms with E-state index < -0.39 is 0 Å². The van der Waals surface area contributed by atoms with Crippen LogP contribution in [0.3, 0.4) is 0 Å². The molecule has 0 amide bonds. The number of hydrogen-bond donors (Lipinski definition) is 0. The van der Waals surface area contributed by atoms with Gasteiger partial charge in [0.1, 0.15) is 0 Å².